The van der Waals surface area contributed by atoms with Gasteiger partial charge in [-0.3, -0.25) is 9.59 Å². The molecule has 2 saturated heterocycles. The van der Waals surface area contributed by atoms with Crippen molar-refractivity contribution in [2.45, 2.75) is 81.9 Å². The van der Waals surface area contributed by atoms with Crippen molar-refractivity contribution in [3.63, 3.8) is 0 Å². The SMILES string of the molecule is CC(=O)OC[C@H]1O[C@@H](OC[C@H]2O[C@@H](OCc3ccccc3)[C@H](OC(C)=O)[C@@H](OC(=O)c3ccccc3)[C@H]2OC(=O)c2ccccc2)[C@H](OC(=O)c2ccccc2)[C@@H](OC(=O)c2ccccc2)[C@H]1OC(=O)c1ccccc1. The number of carbonyl (C=O) groups excluding carboxylic acids is 7. The highest BCUT2D eigenvalue weighted by Gasteiger charge is 2.56. The van der Waals surface area contributed by atoms with Crippen molar-refractivity contribution in [1.82, 2.24) is 0 Å². The lowest BCUT2D eigenvalue weighted by atomic mass is 9.96. The van der Waals surface area contributed by atoms with Crippen molar-refractivity contribution in [1.29, 1.82) is 0 Å². The van der Waals surface area contributed by atoms with E-state index in [1.165, 1.54) is 60.7 Å². The van der Waals surface area contributed by atoms with Crippen molar-refractivity contribution in [2.24, 2.45) is 0 Å². The lowest BCUT2D eigenvalue weighted by molar-refractivity contribution is -0.331. The highest BCUT2D eigenvalue weighted by atomic mass is 16.8. The van der Waals surface area contributed by atoms with Crippen molar-refractivity contribution in [3.8, 4) is 0 Å². The van der Waals surface area contributed by atoms with Gasteiger partial charge in [0, 0.05) is 13.8 Å². The monoisotopic (exact) mass is 1040 g/mol. The summed E-state index contributed by atoms with van der Waals surface area (Å²) in [6.07, 6.45) is -16.6. The van der Waals surface area contributed by atoms with Gasteiger partial charge in [0.2, 0.25) is 0 Å². The zero-order valence-electron chi connectivity index (χ0n) is 41.1. The molecule has 0 aromatic heterocycles. The zero-order chi connectivity index (χ0) is 53.4. The first-order valence-corrected chi connectivity index (χ1v) is 24.1. The third kappa shape index (κ3) is 14.2. The fraction of sp³-hybridized carbons (Fsp3) is 0.259. The molecule has 10 atom stereocenters. The highest BCUT2D eigenvalue weighted by molar-refractivity contribution is 5.92. The topological polar surface area (TPSA) is 221 Å². The second-order valence-corrected chi connectivity index (χ2v) is 17.3. The van der Waals surface area contributed by atoms with E-state index in [9.17, 15) is 33.6 Å². The molecule has 0 amide bonds. The number of esters is 7. The standard InChI is InChI=1S/C58H52O18/c1-36(59)66-34-44-46(72-52(61)39-23-11-4-12-24-39)49(75-55(64)42-29-17-7-18-30-42)51(76-56(65)43-31-19-8-20-32-43)58(70-44)68-35-45-47(73-53(62)40-25-13-5-14-26-40)48(74-54(63)41-27-15-6-16-28-41)50(69-37(2)60)57(71-45)67-33-38-21-9-3-10-22-38/h3-32,44-51,57-58H,33-35H2,1-2H3/t44-,45-,46+,47+,48+,49+,50-,51-,57-,58-/m1/s1. The minimum atomic E-state index is -1.83. The summed E-state index contributed by atoms with van der Waals surface area (Å²) in [6.45, 7) is 0.816. The highest BCUT2D eigenvalue weighted by Crippen LogP contribution is 2.35. The van der Waals surface area contributed by atoms with Gasteiger partial charge in [0.05, 0.1) is 41.0 Å². The molecule has 2 aliphatic heterocycles. The molecule has 2 aliphatic rings. The van der Waals surface area contributed by atoms with Crippen LogP contribution in [-0.2, 0) is 68.3 Å². The Morgan fingerprint density at radius 1 is 0.342 bits per heavy atom. The van der Waals surface area contributed by atoms with Gasteiger partial charge in [-0.15, -0.1) is 0 Å². The lowest BCUT2D eigenvalue weighted by Gasteiger charge is -2.46. The van der Waals surface area contributed by atoms with E-state index < -0.39 is 116 Å². The Kier molecular flexibility index (Phi) is 18.4. The zero-order valence-corrected chi connectivity index (χ0v) is 41.1. The van der Waals surface area contributed by atoms with Crippen molar-refractivity contribution in [2.75, 3.05) is 13.2 Å². The van der Waals surface area contributed by atoms with Crippen LogP contribution in [0, 0.1) is 0 Å². The summed E-state index contributed by atoms with van der Waals surface area (Å²) in [6, 6.07) is 48.1. The predicted molar refractivity (Wildman–Crippen MR) is 265 cm³/mol. The van der Waals surface area contributed by atoms with Crippen LogP contribution in [0.4, 0.5) is 0 Å². The summed E-state index contributed by atoms with van der Waals surface area (Å²) in [4.78, 5) is 95.9. The fourth-order valence-electron chi connectivity index (χ4n) is 8.26. The molecule has 8 rings (SSSR count). The summed E-state index contributed by atoms with van der Waals surface area (Å²) in [7, 11) is 0. The predicted octanol–water partition coefficient (Wildman–Crippen LogP) is 7.29. The van der Waals surface area contributed by atoms with Crippen LogP contribution < -0.4 is 0 Å². The molecule has 0 unspecified atom stereocenters. The molecule has 18 heteroatoms. The van der Waals surface area contributed by atoms with Crippen molar-refractivity contribution in [3.05, 3.63) is 215 Å². The van der Waals surface area contributed by atoms with E-state index in [-0.39, 0.29) is 34.4 Å². The van der Waals surface area contributed by atoms with E-state index in [1.807, 2.05) is 0 Å². The molecule has 18 nitrogen and oxygen atoms in total. The van der Waals surface area contributed by atoms with Crippen LogP contribution in [-0.4, -0.2) is 116 Å². The van der Waals surface area contributed by atoms with Gasteiger partial charge < -0.3 is 52.1 Å². The summed E-state index contributed by atoms with van der Waals surface area (Å²) >= 11 is 0. The molecule has 0 spiro atoms. The van der Waals surface area contributed by atoms with Gasteiger partial charge in [0.25, 0.3) is 0 Å². The molecule has 6 aromatic carbocycles. The van der Waals surface area contributed by atoms with E-state index in [4.69, 9.17) is 52.1 Å². The van der Waals surface area contributed by atoms with Crippen molar-refractivity contribution < 1.29 is 85.7 Å². The number of carbonyl (C=O) groups is 7. The minimum absolute atomic E-state index is 0.0516. The van der Waals surface area contributed by atoms with Crippen LogP contribution in [0.25, 0.3) is 0 Å². The first-order chi connectivity index (χ1) is 36.9. The van der Waals surface area contributed by atoms with E-state index in [0.29, 0.717) is 5.56 Å². The molecule has 76 heavy (non-hydrogen) atoms. The molecule has 0 radical (unpaired) electrons. The molecular formula is C58H52O18. The van der Waals surface area contributed by atoms with Crippen LogP contribution >= 0.6 is 0 Å². The Balaban J connectivity index is 1.22. The van der Waals surface area contributed by atoms with E-state index >= 15 is 0 Å². The molecule has 0 bridgehead atoms. The van der Waals surface area contributed by atoms with Crippen LogP contribution in [0.3, 0.4) is 0 Å². The van der Waals surface area contributed by atoms with Crippen LogP contribution in [0.1, 0.15) is 71.2 Å². The molecule has 0 saturated carbocycles. The summed E-state index contributed by atoms with van der Waals surface area (Å²) in [5, 5.41) is 0. The number of hydrogen-bond acceptors (Lipinski definition) is 18. The maximum atomic E-state index is 14.2. The van der Waals surface area contributed by atoms with Gasteiger partial charge in [-0.2, -0.15) is 0 Å². The second kappa shape index (κ2) is 26.1. The van der Waals surface area contributed by atoms with Gasteiger partial charge in [-0.05, 0) is 66.2 Å². The molecule has 2 heterocycles. The number of ether oxygens (including phenoxy) is 11. The molecule has 6 aromatic rings. The van der Waals surface area contributed by atoms with E-state index in [2.05, 4.69) is 0 Å². The largest absolute Gasteiger partial charge is 0.463 e. The molecule has 2 fully saturated rings. The molecule has 392 valence electrons. The van der Waals surface area contributed by atoms with Crippen molar-refractivity contribution >= 4 is 41.8 Å². The third-order valence-electron chi connectivity index (χ3n) is 11.9. The van der Waals surface area contributed by atoms with Gasteiger partial charge in [-0.25, -0.2) is 24.0 Å². The van der Waals surface area contributed by atoms with Crippen LogP contribution in [0.15, 0.2) is 182 Å². The average molecular weight is 1040 g/mol. The lowest BCUT2D eigenvalue weighted by Crippen LogP contribution is -2.65. The van der Waals surface area contributed by atoms with Crippen LogP contribution in [0.2, 0.25) is 0 Å². The average Bonchev–Trinajstić information content (AvgIpc) is 3.46. The molecule has 0 aliphatic carbocycles. The first kappa shape index (κ1) is 53.7. The van der Waals surface area contributed by atoms with Gasteiger partial charge in [-0.1, -0.05) is 121 Å². The summed E-state index contributed by atoms with van der Waals surface area (Å²) in [5.41, 5.74) is 1.04. The summed E-state index contributed by atoms with van der Waals surface area (Å²) in [5.74, 6) is -6.21. The minimum Gasteiger partial charge on any atom is -0.463 e. The normalized spacial score (nSPS) is 22.9. The quantitative estimate of drug-likeness (QED) is 0.0574. The Hall–Kier alpha value is -8.55. The number of hydrogen-bond donors (Lipinski definition) is 0. The Labute approximate surface area is 436 Å². The molecular weight excluding hydrogens is 985 g/mol. The maximum absolute atomic E-state index is 14.2. The number of rotatable bonds is 19. The fourth-order valence-corrected chi connectivity index (χ4v) is 8.26. The Morgan fingerprint density at radius 2 is 0.645 bits per heavy atom. The first-order valence-electron chi connectivity index (χ1n) is 24.1. The third-order valence-corrected chi connectivity index (χ3v) is 11.9. The summed E-state index contributed by atoms with van der Waals surface area (Å²) < 4.78 is 67.9. The Morgan fingerprint density at radius 3 is 1.00 bits per heavy atom. The van der Waals surface area contributed by atoms with Gasteiger partial charge in [0.15, 0.2) is 49.2 Å². The smallest absolute Gasteiger partial charge is 0.338 e. The van der Waals surface area contributed by atoms with Crippen LogP contribution in [0.5, 0.6) is 0 Å². The Bertz CT molecular complexity index is 2890. The van der Waals surface area contributed by atoms with E-state index in [0.717, 1.165) is 13.8 Å². The van der Waals surface area contributed by atoms with E-state index in [1.54, 1.807) is 121 Å². The maximum Gasteiger partial charge on any atom is 0.338 e. The van der Waals surface area contributed by atoms with Gasteiger partial charge >= 0.3 is 41.8 Å². The number of benzene rings is 6. The molecule has 0 N–H and O–H groups in total. The van der Waals surface area contributed by atoms with Gasteiger partial charge in [0.1, 0.15) is 18.8 Å². The second-order valence-electron chi connectivity index (χ2n) is 17.3.